The van der Waals surface area contributed by atoms with E-state index in [0.29, 0.717) is 0 Å². The predicted molar refractivity (Wildman–Crippen MR) is 124 cm³/mol. The Kier molecular flexibility index (Phi) is 16.4. The summed E-state index contributed by atoms with van der Waals surface area (Å²) < 4.78 is 10.6. The van der Waals surface area contributed by atoms with Crippen LogP contribution < -0.4 is 5.73 Å². The molecule has 0 bridgehead atoms. The highest BCUT2D eigenvalue weighted by Gasteiger charge is 2.44. The van der Waals surface area contributed by atoms with Crippen LogP contribution in [0.3, 0.4) is 0 Å². The third-order valence-corrected chi connectivity index (χ3v) is 6.05. The van der Waals surface area contributed by atoms with Crippen molar-refractivity contribution in [2.45, 2.75) is 127 Å². The summed E-state index contributed by atoms with van der Waals surface area (Å²) in [7, 11) is 0. The van der Waals surface area contributed by atoms with Gasteiger partial charge < -0.3 is 40.7 Å². The molecule has 0 aromatic rings. The van der Waals surface area contributed by atoms with Crippen molar-refractivity contribution in [1.82, 2.24) is 0 Å². The normalized spacial score (nSPS) is 28.3. The number of rotatable bonds is 18. The fourth-order valence-corrected chi connectivity index (χ4v) is 3.81. The number of aliphatic hydroxyl groups excluding tert-OH is 5. The molecular formula is C24H47NO7. The van der Waals surface area contributed by atoms with Gasteiger partial charge in [-0.2, -0.15) is 0 Å². The minimum atomic E-state index is -1.50. The van der Waals surface area contributed by atoms with Crippen molar-refractivity contribution < 1.29 is 35.0 Å². The van der Waals surface area contributed by atoms with Gasteiger partial charge in [-0.05, 0) is 12.8 Å². The van der Waals surface area contributed by atoms with E-state index in [2.05, 4.69) is 6.92 Å². The number of unbranched alkanes of at least 4 members (excludes halogenated alkanes) is 11. The largest absolute Gasteiger partial charge is 0.394 e. The summed E-state index contributed by atoms with van der Waals surface area (Å²) >= 11 is 0. The molecule has 0 saturated carbocycles. The van der Waals surface area contributed by atoms with Crippen molar-refractivity contribution in [1.29, 1.82) is 0 Å². The van der Waals surface area contributed by atoms with Crippen LogP contribution in [0.2, 0.25) is 0 Å². The monoisotopic (exact) mass is 461 g/mol. The van der Waals surface area contributed by atoms with Crippen LogP contribution in [-0.2, 0) is 9.47 Å². The Hall–Kier alpha value is -0.580. The van der Waals surface area contributed by atoms with E-state index in [-0.39, 0.29) is 6.61 Å². The first kappa shape index (κ1) is 29.5. The van der Waals surface area contributed by atoms with E-state index in [9.17, 15) is 25.5 Å². The highest BCUT2D eigenvalue weighted by Crippen LogP contribution is 2.22. The fourth-order valence-electron chi connectivity index (χ4n) is 3.81. The minimum absolute atomic E-state index is 0.118. The van der Waals surface area contributed by atoms with Gasteiger partial charge in [-0.25, -0.2) is 0 Å². The predicted octanol–water partition coefficient (Wildman–Crippen LogP) is 1.75. The standard InChI is InChI=1S/C24H47NO7/c1-2-3-4-5-6-7-8-9-10-11-12-13-14-15-19(27)18(25)17-31-24-23(30)22(29)21(28)20(16-26)32-24/h14-15,18-24,26-30H,2-13,16-17,25H2,1H3/b15-14+/t18-,19+,20?,21+,22?,23?,24+/m0/s1. The Morgan fingerprint density at radius 3 is 2.00 bits per heavy atom. The molecule has 0 amide bonds. The zero-order valence-electron chi connectivity index (χ0n) is 19.7. The molecule has 0 aromatic heterocycles. The van der Waals surface area contributed by atoms with E-state index in [0.717, 1.165) is 12.8 Å². The third kappa shape index (κ3) is 11.5. The van der Waals surface area contributed by atoms with E-state index in [4.69, 9.17) is 15.2 Å². The van der Waals surface area contributed by atoms with E-state index < -0.39 is 49.5 Å². The molecule has 0 aromatic carbocycles. The lowest BCUT2D eigenvalue weighted by molar-refractivity contribution is -0.302. The smallest absolute Gasteiger partial charge is 0.186 e. The molecule has 190 valence electrons. The van der Waals surface area contributed by atoms with Crippen LogP contribution >= 0.6 is 0 Å². The van der Waals surface area contributed by atoms with E-state index in [1.54, 1.807) is 6.08 Å². The molecule has 1 fully saturated rings. The lowest BCUT2D eigenvalue weighted by atomic mass is 9.99. The Morgan fingerprint density at radius 2 is 1.44 bits per heavy atom. The van der Waals surface area contributed by atoms with Gasteiger partial charge in [0.15, 0.2) is 6.29 Å². The Morgan fingerprint density at radius 1 is 0.875 bits per heavy atom. The van der Waals surface area contributed by atoms with Gasteiger partial charge in [0.05, 0.1) is 25.4 Å². The topological polar surface area (TPSA) is 146 Å². The number of nitrogens with two attached hydrogens (primary N) is 1. The summed E-state index contributed by atoms with van der Waals surface area (Å²) in [4.78, 5) is 0. The molecule has 0 aliphatic carbocycles. The van der Waals surface area contributed by atoms with Crippen LogP contribution in [-0.4, -0.2) is 81.6 Å². The summed E-state index contributed by atoms with van der Waals surface area (Å²) in [5, 5.41) is 48.8. The van der Waals surface area contributed by atoms with Gasteiger partial charge in [0, 0.05) is 0 Å². The van der Waals surface area contributed by atoms with Gasteiger partial charge in [0.1, 0.15) is 24.4 Å². The first-order chi connectivity index (χ1) is 15.4. The Labute approximate surface area is 193 Å². The van der Waals surface area contributed by atoms with Gasteiger partial charge in [-0.1, -0.05) is 83.3 Å². The molecule has 1 aliphatic rings. The van der Waals surface area contributed by atoms with Gasteiger partial charge in [0.25, 0.3) is 0 Å². The molecule has 1 rings (SSSR count). The molecule has 1 heterocycles. The van der Waals surface area contributed by atoms with Gasteiger partial charge in [0.2, 0.25) is 0 Å². The zero-order valence-corrected chi connectivity index (χ0v) is 19.7. The highest BCUT2D eigenvalue weighted by molar-refractivity contribution is 4.94. The SMILES string of the molecule is CCCCCCCCCCCCC/C=C/[C@@H](O)[C@@H](N)CO[C@@H]1OC(CO)[C@@H](O)C(O)C1O. The Balaban J connectivity index is 2.10. The molecule has 7 atom stereocenters. The lowest BCUT2D eigenvalue weighted by Gasteiger charge is -2.39. The molecule has 0 spiro atoms. The molecule has 8 nitrogen and oxygen atoms in total. The van der Waals surface area contributed by atoms with Crippen LogP contribution in [0.15, 0.2) is 12.2 Å². The molecule has 8 heteroatoms. The second kappa shape index (κ2) is 17.8. The molecule has 1 aliphatic heterocycles. The van der Waals surface area contributed by atoms with Gasteiger partial charge in [-0.3, -0.25) is 0 Å². The summed E-state index contributed by atoms with van der Waals surface area (Å²) in [6, 6.07) is -0.740. The number of ether oxygens (including phenoxy) is 2. The highest BCUT2D eigenvalue weighted by atomic mass is 16.7. The fraction of sp³-hybridized carbons (Fsp3) is 0.917. The van der Waals surface area contributed by atoms with Crippen LogP contribution in [0, 0.1) is 0 Å². The number of aliphatic hydroxyl groups is 5. The molecule has 0 radical (unpaired) electrons. The van der Waals surface area contributed by atoms with E-state index in [1.165, 1.54) is 64.2 Å². The maximum atomic E-state index is 10.2. The van der Waals surface area contributed by atoms with Crippen LogP contribution in [0.4, 0.5) is 0 Å². The number of hydrogen-bond acceptors (Lipinski definition) is 8. The molecular weight excluding hydrogens is 414 g/mol. The summed E-state index contributed by atoms with van der Waals surface area (Å²) in [5.41, 5.74) is 5.93. The molecule has 1 saturated heterocycles. The van der Waals surface area contributed by atoms with Crippen molar-refractivity contribution in [3.05, 3.63) is 12.2 Å². The van der Waals surface area contributed by atoms with Crippen molar-refractivity contribution in [2.75, 3.05) is 13.2 Å². The van der Waals surface area contributed by atoms with Crippen molar-refractivity contribution in [3.8, 4) is 0 Å². The second-order valence-corrected chi connectivity index (χ2v) is 8.94. The zero-order chi connectivity index (χ0) is 23.8. The third-order valence-electron chi connectivity index (χ3n) is 6.05. The van der Waals surface area contributed by atoms with Crippen LogP contribution in [0.25, 0.3) is 0 Å². The summed E-state index contributed by atoms with van der Waals surface area (Å²) in [5.74, 6) is 0. The van der Waals surface area contributed by atoms with Crippen molar-refractivity contribution in [3.63, 3.8) is 0 Å². The van der Waals surface area contributed by atoms with Crippen molar-refractivity contribution in [2.24, 2.45) is 5.73 Å². The second-order valence-electron chi connectivity index (χ2n) is 8.94. The first-order valence-corrected chi connectivity index (χ1v) is 12.4. The Bertz CT molecular complexity index is 477. The van der Waals surface area contributed by atoms with E-state index in [1.807, 2.05) is 6.08 Å². The molecule has 32 heavy (non-hydrogen) atoms. The minimum Gasteiger partial charge on any atom is -0.394 e. The van der Waals surface area contributed by atoms with Crippen LogP contribution in [0.1, 0.15) is 84.0 Å². The molecule has 3 unspecified atom stereocenters. The van der Waals surface area contributed by atoms with Gasteiger partial charge >= 0.3 is 0 Å². The lowest BCUT2D eigenvalue weighted by Crippen LogP contribution is -2.59. The number of allylic oxidation sites excluding steroid dienone is 1. The van der Waals surface area contributed by atoms with E-state index >= 15 is 0 Å². The average molecular weight is 462 g/mol. The molecule has 7 N–H and O–H groups in total. The maximum Gasteiger partial charge on any atom is 0.186 e. The maximum absolute atomic E-state index is 10.2. The summed E-state index contributed by atoms with van der Waals surface area (Å²) in [6.07, 6.45) is 11.1. The van der Waals surface area contributed by atoms with Crippen LogP contribution in [0.5, 0.6) is 0 Å². The first-order valence-electron chi connectivity index (χ1n) is 12.4. The van der Waals surface area contributed by atoms with Crippen molar-refractivity contribution >= 4 is 0 Å². The van der Waals surface area contributed by atoms with Gasteiger partial charge in [-0.15, -0.1) is 0 Å². The summed E-state index contributed by atoms with van der Waals surface area (Å²) in [6.45, 7) is 1.60. The number of hydrogen-bond donors (Lipinski definition) is 6. The quantitative estimate of drug-likeness (QED) is 0.134. The average Bonchev–Trinajstić information content (AvgIpc) is 2.79.